The lowest BCUT2D eigenvalue weighted by Gasteiger charge is -2.32. The molecule has 1 aliphatic heterocycles. The van der Waals surface area contributed by atoms with Gasteiger partial charge in [-0.2, -0.15) is 0 Å². The molecule has 0 spiro atoms. The molecule has 0 aromatic rings. The van der Waals surface area contributed by atoms with Crippen LogP contribution in [0.5, 0.6) is 0 Å². The molecule has 5 nitrogen and oxygen atoms in total. The number of rotatable bonds is 4. The molecule has 5 heteroatoms. The molecular formula is C14H26N2O3. The zero-order valence-electron chi connectivity index (χ0n) is 12.4. The van der Waals surface area contributed by atoms with Gasteiger partial charge in [-0.25, -0.2) is 4.79 Å². The van der Waals surface area contributed by atoms with Gasteiger partial charge in [0.15, 0.2) is 0 Å². The first-order valence-corrected chi connectivity index (χ1v) is 7.12. The topological polar surface area (TPSA) is 58.6 Å². The molecule has 110 valence electrons. The lowest BCUT2D eigenvalue weighted by atomic mass is 10.0. The number of ether oxygens (including phenoxy) is 1. The summed E-state index contributed by atoms with van der Waals surface area (Å²) >= 11 is 0. The molecule has 1 N–H and O–H groups in total. The van der Waals surface area contributed by atoms with Gasteiger partial charge in [0.05, 0.1) is 6.61 Å². The normalized spacial score (nSPS) is 16.8. The number of hydrogen-bond donors (Lipinski definition) is 1. The Balaban J connectivity index is 2.28. The Morgan fingerprint density at radius 1 is 1.21 bits per heavy atom. The highest BCUT2D eigenvalue weighted by Gasteiger charge is 2.25. The second-order valence-corrected chi connectivity index (χ2v) is 5.90. The van der Waals surface area contributed by atoms with Crippen molar-refractivity contribution in [2.45, 2.75) is 46.6 Å². The number of carbonyl (C=O) groups is 2. The molecule has 0 unspecified atom stereocenters. The summed E-state index contributed by atoms with van der Waals surface area (Å²) in [5.41, 5.74) is 0. The van der Waals surface area contributed by atoms with E-state index in [1.807, 2.05) is 27.7 Å². The highest BCUT2D eigenvalue weighted by Crippen LogP contribution is 2.12. The summed E-state index contributed by atoms with van der Waals surface area (Å²) < 4.78 is 5.20. The van der Waals surface area contributed by atoms with E-state index in [1.165, 1.54) is 0 Å². The van der Waals surface area contributed by atoms with Crippen molar-refractivity contribution in [3.63, 3.8) is 0 Å². The average molecular weight is 270 g/mol. The maximum absolute atomic E-state index is 11.8. The van der Waals surface area contributed by atoms with E-state index in [-0.39, 0.29) is 24.0 Å². The van der Waals surface area contributed by atoms with Crippen molar-refractivity contribution in [1.29, 1.82) is 0 Å². The number of nitrogens with zero attached hydrogens (tertiary/aromatic N) is 1. The van der Waals surface area contributed by atoms with Crippen LogP contribution in [0.25, 0.3) is 0 Å². The van der Waals surface area contributed by atoms with E-state index in [2.05, 4.69) is 5.32 Å². The summed E-state index contributed by atoms with van der Waals surface area (Å²) in [5.74, 6) is 0.446. The van der Waals surface area contributed by atoms with Crippen LogP contribution in [0.2, 0.25) is 0 Å². The average Bonchev–Trinajstić information content (AvgIpc) is 2.36. The van der Waals surface area contributed by atoms with E-state index in [1.54, 1.807) is 4.90 Å². The highest BCUT2D eigenvalue weighted by atomic mass is 16.6. The predicted molar refractivity (Wildman–Crippen MR) is 73.8 cm³/mol. The molecule has 1 heterocycles. The summed E-state index contributed by atoms with van der Waals surface area (Å²) in [6, 6.07) is 0.184. The van der Waals surface area contributed by atoms with Crippen molar-refractivity contribution < 1.29 is 14.3 Å². The fraction of sp³-hybridized carbons (Fsp3) is 0.857. The Kier molecular flexibility index (Phi) is 6.12. The molecule has 0 aromatic carbocycles. The van der Waals surface area contributed by atoms with Gasteiger partial charge in [0.2, 0.25) is 5.91 Å². The van der Waals surface area contributed by atoms with Crippen molar-refractivity contribution in [1.82, 2.24) is 10.2 Å². The van der Waals surface area contributed by atoms with Gasteiger partial charge in [-0.15, -0.1) is 0 Å². The van der Waals surface area contributed by atoms with Crippen LogP contribution in [-0.4, -0.2) is 42.6 Å². The molecule has 0 aromatic heterocycles. The Bertz CT molecular complexity index is 308. The van der Waals surface area contributed by atoms with E-state index >= 15 is 0 Å². The van der Waals surface area contributed by atoms with Crippen LogP contribution in [-0.2, 0) is 9.53 Å². The first-order chi connectivity index (χ1) is 8.90. The Hall–Kier alpha value is -1.26. The summed E-state index contributed by atoms with van der Waals surface area (Å²) in [6.07, 6.45) is 1.37. The van der Waals surface area contributed by atoms with Crippen LogP contribution < -0.4 is 5.32 Å². The second kappa shape index (κ2) is 7.36. The zero-order chi connectivity index (χ0) is 14.4. The number of hydrogen-bond acceptors (Lipinski definition) is 3. The van der Waals surface area contributed by atoms with Gasteiger partial charge in [-0.3, -0.25) is 4.79 Å². The molecule has 1 rings (SSSR count). The van der Waals surface area contributed by atoms with Crippen molar-refractivity contribution in [2.75, 3.05) is 19.7 Å². The third-order valence-electron chi connectivity index (χ3n) is 3.16. The van der Waals surface area contributed by atoms with Crippen LogP contribution in [0.4, 0.5) is 4.79 Å². The maximum Gasteiger partial charge on any atom is 0.409 e. The molecule has 0 bridgehead atoms. The van der Waals surface area contributed by atoms with Crippen molar-refractivity contribution in [3.05, 3.63) is 0 Å². The smallest absolute Gasteiger partial charge is 0.409 e. The fourth-order valence-corrected chi connectivity index (χ4v) is 1.90. The Morgan fingerprint density at radius 3 is 2.26 bits per heavy atom. The van der Waals surface area contributed by atoms with Crippen LogP contribution >= 0.6 is 0 Å². The van der Waals surface area contributed by atoms with E-state index in [4.69, 9.17) is 4.74 Å². The third kappa shape index (κ3) is 5.49. The lowest BCUT2D eigenvalue weighted by Crippen LogP contribution is -2.47. The number of likely N-dealkylation sites (tertiary alicyclic amines) is 1. The van der Waals surface area contributed by atoms with E-state index in [0.29, 0.717) is 25.6 Å². The molecule has 1 saturated heterocycles. The van der Waals surface area contributed by atoms with E-state index < -0.39 is 0 Å². The minimum atomic E-state index is -0.234. The van der Waals surface area contributed by atoms with Gasteiger partial charge >= 0.3 is 6.09 Å². The fourth-order valence-electron chi connectivity index (χ4n) is 1.90. The summed E-state index contributed by atoms with van der Waals surface area (Å²) in [7, 11) is 0. The molecule has 0 radical (unpaired) electrons. The monoisotopic (exact) mass is 270 g/mol. The van der Waals surface area contributed by atoms with Gasteiger partial charge in [0.1, 0.15) is 0 Å². The Labute approximate surface area is 115 Å². The molecule has 0 atom stereocenters. The quantitative estimate of drug-likeness (QED) is 0.850. The maximum atomic E-state index is 11.8. The van der Waals surface area contributed by atoms with Crippen LogP contribution in [0.1, 0.15) is 40.5 Å². The summed E-state index contributed by atoms with van der Waals surface area (Å²) in [6.45, 7) is 9.56. The molecule has 0 aliphatic carbocycles. The zero-order valence-corrected chi connectivity index (χ0v) is 12.4. The van der Waals surface area contributed by atoms with E-state index in [0.717, 1.165) is 12.8 Å². The van der Waals surface area contributed by atoms with Gasteiger partial charge in [0.25, 0.3) is 0 Å². The molecule has 19 heavy (non-hydrogen) atoms. The number of nitrogens with one attached hydrogen (secondary N) is 1. The summed E-state index contributed by atoms with van der Waals surface area (Å²) in [5, 5.41) is 3.01. The molecule has 1 aliphatic rings. The highest BCUT2D eigenvalue weighted by molar-refractivity contribution is 5.78. The van der Waals surface area contributed by atoms with E-state index in [9.17, 15) is 9.59 Å². The van der Waals surface area contributed by atoms with Gasteiger partial charge in [-0.1, -0.05) is 27.7 Å². The SMILES string of the molecule is CC(C)COC(=O)N1CCC(NC(=O)C(C)C)CC1. The largest absolute Gasteiger partial charge is 0.449 e. The third-order valence-corrected chi connectivity index (χ3v) is 3.16. The predicted octanol–water partition coefficient (Wildman–Crippen LogP) is 2.02. The van der Waals surface area contributed by atoms with Gasteiger partial charge in [0, 0.05) is 25.0 Å². The standard InChI is InChI=1S/C14H26N2O3/c1-10(2)9-19-14(18)16-7-5-12(6-8-16)15-13(17)11(3)4/h10-12H,5-9H2,1-4H3,(H,15,17). The van der Waals surface area contributed by atoms with Gasteiger partial charge in [-0.05, 0) is 18.8 Å². The van der Waals surface area contributed by atoms with Crippen molar-refractivity contribution in [3.8, 4) is 0 Å². The molecule has 0 saturated carbocycles. The van der Waals surface area contributed by atoms with Crippen molar-refractivity contribution in [2.24, 2.45) is 11.8 Å². The molecule has 1 fully saturated rings. The minimum Gasteiger partial charge on any atom is -0.449 e. The lowest BCUT2D eigenvalue weighted by molar-refractivity contribution is -0.125. The van der Waals surface area contributed by atoms with Crippen LogP contribution in [0.15, 0.2) is 0 Å². The number of piperidine rings is 1. The molecule has 2 amide bonds. The van der Waals surface area contributed by atoms with Crippen LogP contribution in [0, 0.1) is 11.8 Å². The van der Waals surface area contributed by atoms with Gasteiger partial charge < -0.3 is 15.0 Å². The molecular weight excluding hydrogens is 244 g/mol. The number of carbonyl (C=O) groups excluding carboxylic acids is 2. The first-order valence-electron chi connectivity index (χ1n) is 7.12. The van der Waals surface area contributed by atoms with Crippen LogP contribution in [0.3, 0.4) is 0 Å². The number of amides is 2. The Morgan fingerprint density at radius 2 is 1.79 bits per heavy atom. The van der Waals surface area contributed by atoms with Crippen molar-refractivity contribution >= 4 is 12.0 Å². The minimum absolute atomic E-state index is 0.00837. The summed E-state index contributed by atoms with van der Waals surface area (Å²) in [4.78, 5) is 25.1. The first kappa shape index (κ1) is 15.8. The second-order valence-electron chi connectivity index (χ2n) is 5.90.